The molecule has 9 nitrogen and oxygen atoms in total. The molecule has 1 aliphatic rings. The molecule has 2 aromatic rings. The fourth-order valence-electron chi connectivity index (χ4n) is 4.10. The summed E-state index contributed by atoms with van der Waals surface area (Å²) < 4.78 is 30.5. The van der Waals surface area contributed by atoms with Crippen molar-refractivity contribution in [3.05, 3.63) is 42.4 Å². The predicted octanol–water partition coefficient (Wildman–Crippen LogP) is 2.25. The van der Waals surface area contributed by atoms with Gasteiger partial charge in [-0.25, -0.2) is 13.9 Å². The van der Waals surface area contributed by atoms with Gasteiger partial charge < -0.3 is 9.64 Å². The van der Waals surface area contributed by atoms with Crippen molar-refractivity contribution < 1.29 is 23.2 Å². The van der Waals surface area contributed by atoms with E-state index in [9.17, 15) is 18.4 Å². The third kappa shape index (κ3) is 5.40. The molecule has 1 aromatic carbocycles. The first-order valence-corrected chi connectivity index (χ1v) is 12.7. The SMILES string of the molecule is CCCCc1cnc(-c2ccc(S(=O)(=O)C3(C(=O)NO)CCN(CCOC)CC3)cc2)cn1. The molecule has 0 saturated carbocycles. The summed E-state index contributed by atoms with van der Waals surface area (Å²) >= 11 is 0. The van der Waals surface area contributed by atoms with E-state index in [0.29, 0.717) is 31.9 Å². The summed E-state index contributed by atoms with van der Waals surface area (Å²) in [6.45, 7) is 4.12. The zero-order chi connectivity index (χ0) is 23.9. The number of rotatable bonds is 10. The zero-order valence-corrected chi connectivity index (χ0v) is 20.0. The molecule has 1 saturated heterocycles. The van der Waals surface area contributed by atoms with Crippen LogP contribution in [0.25, 0.3) is 11.3 Å². The maximum atomic E-state index is 13.6. The quantitative estimate of drug-likeness (QED) is 0.396. The van der Waals surface area contributed by atoms with E-state index in [4.69, 9.17) is 4.74 Å². The topological polar surface area (TPSA) is 122 Å². The van der Waals surface area contributed by atoms with E-state index in [1.54, 1.807) is 37.1 Å². The molecule has 0 unspecified atom stereocenters. The fraction of sp³-hybridized carbons (Fsp3) is 0.522. The van der Waals surface area contributed by atoms with Gasteiger partial charge in [0.25, 0.3) is 5.91 Å². The molecule has 0 bridgehead atoms. The van der Waals surface area contributed by atoms with E-state index in [1.165, 1.54) is 12.1 Å². The monoisotopic (exact) mass is 476 g/mol. The average molecular weight is 477 g/mol. The van der Waals surface area contributed by atoms with Crippen molar-refractivity contribution in [3.8, 4) is 11.3 Å². The zero-order valence-electron chi connectivity index (χ0n) is 19.2. The van der Waals surface area contributed by atoms with Gasteiger partial charge in [0.1, 0.15) is 0 Å². The van der Waals surface area contributed by atoms with Gasteiger partial charge in [0.2, 0.25) is 0 Å². The lowest BCUT2D eigenvalue weighted by molar-refractivity contribution is -0.133. The minimum atomic E-state index is -4.06. The van der Waals surface area contributed by atoms with Crippen molar-refractivity contribution in [1.29, 1.82) is 0 Å². The van der Waals surface area contributed by atoms with Crippen molar-refractivity contribution in [1.82, 2.24) is 20.3 Å². The van der Waals surface area contributed by atoms with Crippen LogP contribution in [0, 0.1) is 0 Å². The Hall–Kier alpha value is -2.40. The molecule has 3 rings (SSSR count). The highest BCUT2D eigenvalue weighted by molar-refractivity contribution is 7.93. The third-order valence-corrected chi connectivity index (χ3v) is 8.77. The first kappa shape index (κ1) is 25.2. The summed E-state index contributed by atoms with van der Waals surface area (Å²) in [4.78, 5) is 23.6. The molecule has 1 amide bonds. The maximum Gasteiger partial charge on any atom is 0.265 e. The number of methoxy groups -OCH3 is 1. The maximum absolute atomic E-state index is 13.6. The Morgan fingerprint density at radius 2 is 1.88 bits per heavy atom. The summed E-state index contributed by atoms with van der Waals surface area (Å²) in [6, 6.07) is 6.31. The number of hydrogen-bond acceptors (Lipinski definition) is 8. The van der Waals surface area contributed by atoms with Gasteiger partial charge in [0.15, 0.2) is 14.6 Å². The number of benzene rings is 1. The van der Waals surface area contributed by atoms with Crippen LogP contribution in [0.1, 0.15) is 38.3 Å². The molecule has 180 valence electrons. The van der Waals surface area contributed by atoms with E-state index in [1.807, 2.05) is 4.90 Å². The van der Waals surface area contributed by atoms with Crippen molar-refractivity contribution >= 4 is 15.7 Å². The highest BCUT2D eigenvalue weighted by Gasteiger charge is 2.52. The molecule has 1 aliphatic heterocycles. The normalized spacial score (nSPS) is 16.5. The number of ether oxygens (including phenoxy) is 1. The molecule has 2 N–H and O–H groups in total. The first-order valence-electron chi connectivity index (χ1n) is 11.2. The smallest absolute Gasteiger partial charge is 0.265 e. The summed E-state index contributed by atoms with van der Waals surface area (Å²) in [7, 11) is -2.46. The number of piperidine rings is 1. The molecule has 0 aliphatic carbocycles. The Labute approximate surface area is 195 Å². The van der Waals surface area contributed by atoms with E-state index in [0.717, 1.165) is 30.5 Å². The van der Waals surface area contributed by atoms with Crippen molar-refractivity contribution in [2.24, 2.45) is 0 Å². The van der Waals surface area contributed by atoms with Gasteiger partial charge >= 0.3 is 0 Å². The van der Waals surface area contributed by atoms with E-state index in [-0.39, 0.29) is 17.7 Å². The number of nitrogens with one attached hydrogen (secondary N) is 1. The molecule has 10 heteroatoms. The highest BCUT2D eigenvalue weighted by atomic mass is 32.2. The lowest BCUT2D eigenvalue weighted by Crippen LogP contribution is -2.58. The van der Waals surface area contributed by atoms with Crippen molar-refractivity contribution in [3.63, 3.8) is 0 Å². The van der Waals surface area contributed by atoms with Crippen LogP contribution in [0.15, 0.2) is 41.6 Å². The van der Waals surface area contributed by atoms with E-state index < -0.39 is 20.5 Å². The van der Waals surface area contributed by atoms with Gasteiger partial charge in [-0.15, -0.1) is 0 Å². The minimum absolute atomic E-state index is 0.0349. The van der Waals surface area contributed by atoms with Gasteiger partial charge in [-0.05, 0) is 37.8 Å². The number of amides is 1. The van der Waals surface area contributed by atoms with E-state index in [2.05, 4.69) is 16.9 Å². The number of sulfone groups is 1. The van der Waals surface area contributed by atoms with Crippen molar-refractivity contribution in [2.45, 2.75) is 48.7 Å². The summed E-state index contributed by atoms with van der Waals surface area (Å²) in [5, 5.41) is 9.33. The van der Waals surface area contributed by atoms with Crippen LogP contribution < -0.4 is 5.48 Å². The Bertz CT molecular complexity index is 1020. The second kappa shape index (κ2) is 11.1. The number of carbonyl (C=O) groups is 1. The van der Waals surface area contributed by atoms with Gasteiger partial charge in [-0.1, -0.05) is 25.5 Å². The van der Waals surface area contributed by atoms with Crippen LogP contribution in [0.3, 0.4) is 0 Å². The van der Waals surface area contributed by atoms with Crippen LogP contribution in [-0.4, -0.2) is 72.5 Å². The molecule has 1 fully saturated rings. The lowest BCUT2D eigenvalue weighted by Gasteiger charge is -2.39. The molecule has 33 heavy (non-hydrogen) atoms. The Morgan fingerprint density at radius 3 is 2.42 bits per heavy atom. The number of aromatic nitrogens is 2. The van der Waals surface area contributed by atoms with Gasteiger partial charge in [-0.3, -0.25) is 20.0 Å². The fourth-order valence-corrected chi connectivity index (χ4v) is 6.05. The largest absolute Gasteiger partial charge is 0.383 e. The Kier molecular flexibility index (Phi) is 8.52. The average Bonchev–Trinajstić information content (AvgIpc) is 2.86. The number of nitrogens with zero attached hydrogens (tertiary/aromatic N) is 3. The third-order valence-electron chi connectivity index (χ3n) is 6.26. The number of hydrogen-bond donors (Lipinski definition) is 2. The lowest BCUT2D eigenvalue weighted by atomic mass is 9.95. The van der Waals surface area contributed by atoms with Gasteiger partial charge in [0, 0.05) is 38.5 Å². The molecule has 1 aromatic heterocycles. The van der Waals surface area contributed by atoms with Crippen molar-refractivity contribution in [2.75, 3.05) is 33.4 Å². The number of hydroxylamine groups is 1. The number of likely N-dealkylation sites (tertiary alicyclic amines) is 1. The molecule has 0 radical (unpaired) electrons. The second-order valence-electron chi connectivity index (χ2n) is 8.29. The second-order valence-corrected chi connectivity index (χ2v) is 10.6. The molecule has 2 heterocycles. The number of unbranched alkanes of at least 4 members (excludes halogenated alkanes) is 1. The Balaban J connectivity index is 1.82. The summed E-state index contributed by atoms with van der Waals surface area (Å²) in [5.41, 5.74) is 3.89. The van der Waals surface area contributed by atoms with Gasteiger partial charge in [0.05, 0.1) is 29.1 Å². The van der Waals surface area contributed by atoms with E-state index >= 15 is 0 Å². The highest BCUT2D eigenvalue weighted by Crippen LogP contribution is 2.36. The minimum Gasteiger partial charge on any atom is -0.383 e. The predicted molar refractivity (Wildman–Crippen MR) is 123 cm³/mol. The standard InChI is InChI=1S/C23H32N4O5S/c1-3-4-5-19-16-25-21(17-24-19)18-6-8-20(9-7-18)33(30,31)23(22(28)26-29)10-12-27(13-11-23)14-15-32-2/h6-9,16-17,29H,3-5,10-15H2,1-2H3,(H,26,28). The van der Waals surface area contributed by atoms with Gasteiger partial charge in [-0.2, -0.15) is 0 Å². The summed E-state index contributed by atoms with van der Waals surface area (Å²) in [6.07, 6.45) is 6.60. The number of carbonyl (C=O) groups excluding carboxylic acids is 1. The van der Waals surface area contributed by atoms with Crippen LogP contribution in [-0.2, 0) is 25.8 Å². The molecule has 0 spiro atoms. The van der Waals surface area contributed by atoms with Crippen LogP contribution in [0.2, 0.25) is 0 Å². The summed E-state index contributed by atoms with van der Waals surface area (Å²) in [5.74, 6) is -0.897. The van der Waals surface area contributed by atoms with Crippen LogP contribution >= 0.6 is 0 Å². The molecule has 0 atom stereocenters. The molecular weight excluding hydrogens is 444 g/mol. The van der Waals surface area contributed by atoms with Crippen LogP contribution in [0.4, 0.5) is 0 Å². The van der Waals surface area contributed by atoms with Crippen LogP contribution in [0.5, 0.6) is 0 Å². The molecular formula is C23H32N4O5S. The Morgan fingerprint density at radius 1 is 1.18 bits per heavy atom. The number of aryl methyl sites for hydroxylation is 1. The first-order chi connectivity index (χ1) is 15.9.